The van der Waals surface area contributed by atoms with E-state index in [0.717, 1.165) is 16.8 Å². The molecule has 0 fully saturated rings. The van der Waals surface area contributed by atoms with E-state index in [4.69, 9.17) is 4.98 Å². The van der Waals surface area contributed by atoms with Crippen LogP contribution in [0, 0.1) is 20.8 Å². The lowest BCUT2D eigenvalue weighted by Gasteiger charge is -2.12. The molecule has 6 nitrogen and oxygen atoms in total. The van der Waals surface area contributed by atoms with E-state index in [9.17, 15) is 9.59 Å². The van der Waals surface area contributed by atoms with Gasteiger partial charge in [-0.2, -0.15) is 0 Å². The maximum absolute atomic E-state index is 13.0. The van der Waals surface area contributed by atoms with Crippen LogP contribution in [0.4, 0.5) is 0 Å². The Morgan fingerprint density at radius 2 is 1.42 bits per heavy atom. The van der Waals surface area contributed by atoms with E-state index in [1.165, 1.54) is 0 Å². The summed E-state index contributed by atoms with van der Waals surface area (Å²) < 4.78 is 0. The molecule has 154 valence electrons. The van der Waals surface area contributed by atoms with Crippen LogP contribution in [0.2, 0.25) is 0 Å². The van der Waals surface area contributed by atoms with Crippen LogP contribution in [0.1, 0.15) is 37.7 Å². The molecule has 0 spiro atoms. The smallest absolute Gasteiger partial charge is 0.267 e. The molecule has 2 amide bonds. The molecule has 2 aromatic heterocycles. The number of carbonyl (C=O) groups is 2. The lowest BCUT2D eigenvalue weighted by molar-refractivity contribution is 0.0847. The van der Waals surface area contributed by atoms with Gasteiger partial charge in [0.15, 0.2) is 0 Å². The predicted octanol–water partition coefficient (Wildman–Crippen LogP) is 4.30. The third-order valence-corrected chi connectivity index (χ3v) is 5.07. The number of hydrazine groups is 1. The molecular formula is C25H22N4O2. The van der Waals surface area contributed by atoms with Gasteiger partial charge in [-0.25, -0.2) is 4.98 Å². The van der Waals surface area contributed by atoms with E-state index in [2.05, 4.69) is 15.8 Å². The van der Waals surface area contributed by atoms with Gasteiger partial charge >= 0.3 is 0 Å². The number of benzene rings is 2. The Balaban J connectivity index is 1.64. The average Bonchev–Trinajstić information content (AvgIpc) is 2.77. The number of hydrogen-bond donors (Lipinski definition) is 2. The van der Waals surface area contributed by atoms with E-state index >= 15 is 0 Å². The summed E-state index contributed by atoms with van der Waals surface area (Å²) in [7, 11) is 0. The molecule has 0 aliphatic carbocycles. The third-order valence-electron chi connectivity index (χ3n) is 5.07. The zero-order valence-electron chi connectivity index (χ0n) is 17.6. The number of hydrogen-bond acceptors (Lipinski definition) is 4. The number of amides is 2. The Hall–Kier alpha value is -4.06. The van der Waals surface area contributed by atoms with Gasteiger partial charge < -0.3 is 0 Å². The lowest BCUT2D eigenvalue weighted by atomic mass is 10.0. The van der Waals surface area contributed by atoms with Crippen LogP contribution in [0.25, 0.3) is 22.2 Å². The summed E-state index contributed by atoms with van der Waals surface area (Å²) in [6, 6.07) is 20.6. The number of rotatable bonds is 3. The van der Waals surface area contributed by atoms with E-state index in [1.54, 1.807) is 25.1 Å². The van der Waals surface area contributed by atoms with Gasteiger partial charge in [-0.05, 0) is 45.0 Å². The molecule has 0 saturated heterocycles. The first kappa shape index (κ1) is 20.2. The monoisotopic (exact) mass is 410 g/mol. The quantitative estimate of drug-likeness (QED) is 0.493. The third kappa shape index (κ3) is 4.28. The number of carbonyl (C=O) groups excluding carboxylic acids is 2. The Labute approximate surface area is 180 Å². The molecule has 0 aliphatic heterocycles. The highest BCUT2D eigenvalue weighted by molar-refractivity contribution is 6.08. The topological polar surface area (TPSA) is 84.0 Å². The fourth-order valence-corrected chi connectivity index (χ4v) is 3.41. The standard InChI is InChI=1S/C25H22N4O2/c1-15-8-11-18(12-9-15)23-14-21(20-6-4-5-7-22(20)27-23)25(31)29-28-24(30)19-13-10-16(2)26-17(19)3/h4-14H,1-3H3,(H,28,30)(H,29,31). The molecule has 6 heteroatoms. The van der Waals surface area contributed by atoms with Crippen LogP contribution in [0.3, 0.4) is 0 Å². The fraction of sp³-hybridized carbons (Fsp3) is 0.120. The van der Waals surface area contributed by atoms with Gasteiger partial charge in [0.05, 0.1) is 28.0 Å². The number of aromatic nitrogens is 2. The Bertz CT molecular complexity index is 1300. The Kier molecular flexibility index (Phi) is 5.45. The zero-order valence-corrected chi connectivity index (χ0v) is 17.6. The second-order valence-electron chi connectivity index (χ2n) is 7.43. The molecule has 0 aliphatic rings. The van der Waals surface area contributed by atoms with Crippen molar-refractivity contribution < 1.29 is 9.59 Å². The molecule has 4 rings (SSSR count). The van der Waals surface area contributed by atoms with Gasteiger partial charge in [0.1, 0.15) is 0 Å². The highest BCUT2D eigenvalue weighted by atomic mass is 16.2. The maximum Gasteiger partial charge on any atom is 0.271 e. The summed E-state index contributed by atoms with van der Waals surface area (Å²) in [4.78, 5) is 34.5. The summed E-state index contributed by atoms with van der Waals surface area (Å²) in [5.41, 5.74) is 10.7. The van der Waals surface area contributed by atoms with Gasteiger partial charge in [0.2, 0.25) is 0 Å². The lowest BCUT2D eigenvalue weighted by Crippen LogP contribution is -2.42. The van der Waals surface area contributed by atoms with Crippen molar-refractivity contribution in [2.75, 3.05) is 0 Å². The second-order valence-corrected chi connectivity index (χ2v) is 7.43. The molecule has 2 heterocycles. The number of nitrogens with one attached hydrogen (secondary N) is 2. The van der Waals surface area contributed by atoms with Crippen molar-refractivity contribution in [1.29, 1.82) is 0 Å². The molecule has 2 N–H and O–H groups in total. The van der Waals surface area contributed by atoms with Gasteiger partial charge in [-0.15, -0.1) is 0 Å². The first-order valence-electron chi connectivity index (χ1n) is 9.94. The summed E-state index contributed by atoms with van der Waals surface area (Å²) in [6.45, 7) is 5.63. The van der Waals surface area contributed by atoms with Crippen molar-refractivity contribution in [3.63, 3.8) is 0 Å². The number of para-hydroxylation sites is 1. The Morgan fingerprint density at radius 1 is 0.742 bits per heavy atom. The molecule has 4 aromatic rings. The molecule has 2 aromatic carbocycles. The summed E-state index contributed by atoms with van der Waals surface area (Å²) >= 11 is 0. The van der Waals surface area contributed by atoms with E-state index in [-0.39, 0.29) is 0 Å². The van der Waals surface area contributed by atoms with Crippen LogP contribution in [0.5, 0.6) is 0 Å². The second kappa shape index (κ2) is 8.36. The molecular weight excluding hydrogens is 388 g/mol. The largest absolute Gasteiger partial charge is 0.271 e. The summed E-state index contributed by atoms with van der Waals surface area (Å²) in [6.07, 6.45) is 0. The number of nitrogens with zero attached hydrogens (tertiary/aromatic N) is 2. The minimum absolute atomic E-state index is 0.408. The normalized spacial score (nSPS) is 10.7. The van der Waals surface area contributed by atoms with Crippen molar-refractivity contribution in [2.45, 2.75) is 20.8 Å². The minimum Gasteiger partial charge on any atom is -0.267 e. The van der Waals surface area contributed by atoms with E-state index in [1.807, 2.05) is 62.4 Å². The van der Waals surface area contributed by atoms with Crippen molar-refractivity contribution >= 4 is 22.7 Å². The molecule has 31 heavy (non-hydrogen) atoms. The first-order valence-corrected chi connectivity index (χ1v) is 9.94. The Morgan fingerprint density at radius 3 is 2.13 bits per heavy atom. The van der Waals surface area contributed by atoms with Crippen molar-refractivity contribution in [1.82, 2.24) is 20.8 Å². The summed E-state index contributed by atoms with van der Waals surface area (Å²) in [5.74, 6) is -0.839. The van der Waals surface area contributed by atoms with E-state index < -0.39 is 11.8 Å². The molecule has 0 bridgehead atoms. The van der Waals surface area contributed by atoms with Crippen LogP contribution in [-0.2, 0) is 0 Å². The summed E-state index contributed by atoms with van der Waals surface area (Å²) in [5, 5.41) is 0.707. The highest BCUT2D eigenvalue weighted by Gasteiger charge is 2.16. The SMILES string of the molecule is Cc1ccc(-c2cc(C(=O)NNC(=O)c3ccc(C)nc3C)c3ccccc3n2)cc1. The van der Waals surface area contributed by atoms with E-state index in [0.29, 0.717) is 33.4 Å². The van der Waals surface area contributed by atoms with Crippen LogP contribution < -0.4 is 10.9 Å². The van der Waals surface area contributed by atoms with Gasteiger partial charge in [0.25, 0.3) is 11.8 Å². The first-order chi connectivity index (χ1) is 14.9. The highest BCUT2D eigenvalue weighted by Crippen LogP contribution is 2.25. The maximum atomic E-state index is 13.0. The zero-order chi connectivity index (χ0) is 22.0. The van der Waals surface area contributed by atoms with Crippen LogP contribution in [-0.4, -0.2) is 21.8 Å². The van der Waals surface area contributed by atoms with Gasteiger partial charge in [0, 0.05) is 16.6 Å². The van der Waals surface area contributed by atoms with Crippen molar-refractivity contribution in [3.05, 3.63) is 94.8 Å². The molecule has 0 saturated carbocycles. The van der Waals surface area contributed by atoms with Crippen LogP contribution >= 0.6 is 0 Å². The van der Waals surface area contributed by atoms with Gasteiger partial charge in [-0.1, -0.05) is 48.0 Å². The molecule has 0 atom stereocenters. The van der Waals surface area contributed by atoms with Crippen molar-refractivity contribution in [2.24, 2.45) is 0 Å². The number of fused-ring (bicyclic) bond motifs is 1. The van der Waals surface area contributed by atoms with Crippen molar-refractivity contribution in [3.8, 4) is 11.3 Å². The minimum atomic E-state index is -0.421. The molecule has 0 radical (unpaired) electrons. The fourth-order valence-electron chi connectivity index (χ4n) is 3.41. The average molecular weight is 410 g/mol. The number of pyridine rings is 2. The van der Waals surface area contributed by atoms with Gasteiger partial charge in [-0.3, -0.25) is 25.4 Å². The predicted molar refractivity (Wildman–Crippen MR) is 121 cm³/mol. The molecule has 0 unspecified atom stereocenters. The number of aryl methyl sites for hydroxylation is 3. The van der Waals surface area contributed by atoms with Crippen LogP contribution in [0.15, 0.2) is 66.7 Å².